The second-order valence-corrected chi connectivity index (χ2v) is 6.58. The van der Waals surface area contributed by atoms with E-state index in [2.05, 4.69) is 0 Å². The zero-order valence-electron chi connectivity index (χ0n) is 17.0. The number of hydrogen-bond donors (Lipinski definition) is 1. The lowest BCUT2D eigenvalue weighted by molar-refractivity contribution is -0.138. The van der Waals surface area contributed by atoms with E-state index in [1.165, 1.54) is 6.92 Å². The Morgan fingerprint density at radius 1 is 1.61 bits per heavy atom. The van der Waals surface area contributed by atoms with E-state index >= 15 is 0 Å². The number of anilines is 1. The van der Waals surface area contributed by atoms with Crippen molar-refractivity contribution in [2.45, 2.75) is 31.3 Å². The summed E-state index contributed by atoms with van der Waals surface area (Å²) in [6, 6.07) is 2.53. The number of halogens is 2. The molecule has 0 spiro atoms. The molecule has 1 N–H and O–H groups in total. The van der Waals surface area contributed by atoms with Crippen molar-refractivity contribution in [3.05, 3.63) is 40.7 Å². The summed E-state index contributed by atoms with van der Waals surface area (Å²) in [6.45, 7) is 1.35. The second kappa shape index (κ2) is 7.31. The van der Waals surface area contributed by atoms with Crippen LogP contribution in [0.4, 0.5) is 10.1 Å². The third-order valence-electron chi connectivity index (χ3n) is 2.88. The molecule has 2 rings (SSSR count). The summed E-state index contributed by atoms with van der Waals surface area (Å²) < 4.78 is 83.9. The number of esters is 1. The number of rotatable bonds is 5. The lowest BCUT2D eigenvalue weighted by Gasteiger charge is -2.24. The predicted octanol–water partition coefficient (Wildman–Crippen LogP) is 3.26. The van der Waals surface area contributed by atoms with Crippen LogP contribution in [0.1, 0.15) is 31.6 Å². The normalized spacial score (nSPS) is 25.8. The second-order valence-electron chi connectivity index (χ2n) is 4.49. The Morgan fingerprint density at radius 3 is 3.00 bits per heavy atom. The third kappa shape index (κ3) is 4.23. The molecule has 0 unspecified atom stereocenters. The summed E-state index contributed by atoms with van der Waals surface area (Å²) in [5.41, 5.74) is -1.09. The van der Waals surface area contributed by atoms with Crippen LogP contribution in [-0.4, -0.2) is 26.2 Å². The Bertz CT molecular complexity index is 925. The van der Waals surface area contributed by atoms with Gasteiger partial charge in [0.15, 0.2) is 1.41 Å². The molecule has 8 heteroatoms. The molecule has 0 saturated carbocycles. The number of allylic oxidation sites excluding steroid dienone is 1. The van der Waals surface area contributed by atoms with Gasteiger partial charge in [-0.05, 0) is 44.3 Å². The molecular weight excluding hydrogens is 345 g/mol. The Labute approximate surface area is 146 Å². The third-order valence-corrected chi connectivity index (χ3v) is 4.61. The molecule has 126 valence electrons. The molecule has 0 bridgehead atoms. The van der Waals surface area contributed by atoms with Crippen molar-refractivity contribution in [2.24, 2.45) is 0 Å². The van der Waals surface area contributed by atoms with Gasteiger partial charge < -0.3 is 4.74 Å². The number of benzene rings is 1. The van der Waals surface area contributed by atoms with Crippen molar-refractivity contribution < 1.29 is 29.2 Å². The zero-order chi connectivity index (χ0) is 21.5. The van der Waals surface area contributed by atoms with Crippen LogP contribution in [0.5, 0.6) is 0 Å². The van der Waals surface area contributed by atoms with Crippen molar-refractivity contribution in [3.63, 3.8) is 0 Å². The van der Waals surface area contributed by atoms with Gasteiger partial charge in [0.1, 0.15) is 11.1 Å². The van der Waals surface area contributed by atoms with Crippen LogP contribution in [0, 0.1) is 5.82 Å². The molecule has 1 aliphatic rings. The Balaban J connectivity index is 2.64. The first-order valence-electron chi connectivity index (χ1n) is 9.07. The Kier molecular flexibility index (Phi) is 3.77. The molecule has 0 radical (unpaired) electrons. The van der Waals surface area contributed by atoms with E-state index in [1.807, 2.05) is 0 Å². The highest BCUT2D eigenvalue weighted by molar-refractivity contribution is 7.93. The molecule has 1 atom stereocenters. The molecule has 5 nitrogen and oxygen atoms in total. The van der Waals surface area contributed by atoms with Gasteiger partial charge in [-0.3, -0.25) is 4.72 Å². The molecule has 0 fully saturated rings. The summed E-state index contributed by atoms with van der Waals surface area (Å²) in [5, 5.41) is -2.80. The van der Waals surface area contributed by atoms with Crippen molar-refractivity contribution in [2.75, 3.05) is 11.3 Å². The van der Waals surface area contributed by atoms with Crippen molar-refractivity contribution in [1.82, 2.24) is 0 Å². The smallest absolute Gasteiger partial charge is 0.335 e. The number of carbonyl (C=O) groups is 1. The highest BCUT2D eigenvalue weighted by atomic mass is 35.5. The van der Waals surface area contributed by atoms with Crippen LogP contribution in [-0.2, 0) is 19.6 Å². The van der Waals surface area contributed by atoms with E-state index in [1.54, 1.807) is 0 Å². The first kappa shape index (κ1) is 11.9. The van der Waals surface area contributed by atoms with Crippen molar-refractivity contribution in [1.29, 1.82) is 0 Å². The fourth-order valence-corrected chi connectivity index (χ4v) is 3.43. The van der Waals surface area contributed by atoms with E-state index in [-0.39, 0.29) is 11.3 Å². The van der Waals surface area contributed by atoms with Gasteiger partial charge in [-0.15, -0.1) is 0 Å². The molecular formula is C15H17ClFNO4S. The molecule has 1 aromatic carbocycles. The van der Waals surface area contributed by atoms with Gasteiger partial charge in [0.2, 0.25) is 10.0 Å². The Hall–Kier alpha value is -1.60. The van der Waals surface area contributed by atoms with Crippen LogP contribution < -0.4 is 4.72 Å². The first-order chi connectivity index (χ1) is 12.8. The maximum Gasteiger partial charge on any atom is 0.335 e. The number of hydrogen-bond acceptors (Lipinski definition) is 4. The summed E-state index contributed by atoms with van der Waals surface area (Å²) in [6.07, 6.45) is -5.32. The number of ether oxygens (including phenoxy) is 1. The minimum absolute atomic E-state index is 0.118. The van der Waals surface area contributed by atoms with Gasteiger partial charge in [-0.1, -0.05) is 17.7 Å². The zero-order valence-corrected chi connectivity index (χ0v) is 13.6. The van der Waals surface area contributed by atoms with E-state index < -0.39 is 62.5 Å². The van der Waals surface area contributed by atoms with Crippen molar-refractivity contribution >= 4 is 33.3 Å². The topological polar surface area (TPSA) is 72.5 Å². The standard InChI is InChI=1S/C15H17ClFNO4S/c1-2-22-15(19)11-5-3-4-6-14(11)23(20,21)18-13-8-7-10(17)9-12(13)16/h5,7-9,14,18H,2-4,6H2,1H3/t14-/m1/s1/i4D2,6D2/hD. The maximum absolute atomic E-state index is 13.2. The molecule has 23 heavy (non-hydrogen) atoms. The van der Waals surface area contributed by atoms with E-state index in [0.29, 0.717) is 0 Å². The molecule has 0 heterocycles. The Morgan fingerprint density at radius 2 is 2.35 bits per heavy atom. The van der Waals surface area contributed by atoms with Crippen LogP contribution in [0.2, 0.25) is 6.43 Å². The van der Waals surface area contributed by atoms with Gasteiger partial charge in [-0.25, -0.2) is 17.6 Å². The SMILES string of the molecule is [2H]N(c1ccc(F)cc1Cl)S(=O)(=O)[C@H]1C(C(=O)OCC)=CCC([2H])([2H])C1([2H])[2H]. The summed E-state index contributed by atoms with van der Waals surface area (Å²) in [4.78, 5) is 12.2. The lowest BCUT2D eigenvalue weighted by Crippen LogP contribution is -2.34. The molecule has 0 aromatic heterocycles. The van der Waals surface area contributed by atoms with Gasteiger partial charge in [0, 0.05) is 5.48 Å². The van der Waals surface area contributed by atoms with E-state index in [9.17, 15) is 17.6 Å². The minimum atomic E-state index is -5.03. The highest BCUT2D eigenvalue weighted by Gasteiger charge is 2.35. The largest absolute Gasteiger partial charge is 0.463 e. The molecule has 0 amide bonds. The molecule has 0 aliphatic heterocycles. The van der Waals surface area contributed by atoms with E-state index in [0.717, 1.165) is 24.3 Å². The predicted molar refractivity (Wildman–Crippen MR) is 86.3 cm³/mol. The average Bonchev–Trinajstić information content (AvgIpc) is 2.56. The highest BCUT2D eigenvalue weighted by Crippen LogP contribution is 2.30. The van der Waals surface area contributed by atoms with Gasteiger partial charge in [0.05, 0.1) is 22.9 Å². The van der Waals surface area contributed by atoms with Gasteiger partial charge in [0.25, 0.3) is 0 Å². The monoisotopic (exact) mass is 366 g/mol. The maximum atomic E-state index is 13.2. The van der Waals surface area contributed by atoms with Crippen LogP contribution in [0.3, 0.4) is 0 Å². The lowest BCUT2D eigenvalue weighted by atomic mass is 9.99. The van der Waals surface area contributed by atoms with Crippen LogP contribution in [0.25, 0.3) is 0 Å². The molecule has 1 aromatic rings. The number of sulfonamides is 1. The summed E-state index contributed by atoms with van der Waals surface area (Å²) in [7, 11) is -5.03. The number of nitrogens with one attached hydrogen (secondary N) is 1. The fraction of sp³-hybridized carbons (Fsp3) is 0.400. The molecule has 0 saturated heterocycles. The van der Waals surface area contributed by atoms with Gasteiger partial charge >= 0.3 is 5.97 Å². The summed E-state index contributed by atoms with van der Waals surface area (Å²) >= 11 is 5.80. The van der Waals surface area contributed by atoms with Crippen molar-refractivity contribution in [3.8, 4) is 0 Å². The van der Waals surface area contributed by atoms with Gasteiger partial charge in [-0.2, -0.15) is 0 Å². The average molecular weight is 367 g/mol. The number of carbonyl (C=O) groups excluding carboxylic acids is 1. The quantitative estimate of drug-likeness (QED) is 0.812. The van der Waals surface area contributed by atoms with Crippen LogP contribution in [0.15, 0.2) is 29.8 Å². The fourth-order valence-electron chi connectivity index (χ4n) is 1.88. The van der Waals surface area contributed by atoms with E-state index in [4.69, 9.17) is 23.2 Å². The first-order valence-corrected chi connectivity index (χ1v) is 8.50. The minimum Gasteiger partial charge on any atom is -0.463 e. The summed E-state index contributed by atoms with van der Waals surface area (Å²) in [5.74, 6) is -1.91. The van der Waals surface area contributed by atoms with Crippen LogP contribution >= 0.6 is 11.6 Å². The molecule has 1 aliphatic carbocycles.